The molecule has 0 saturated heterocycles. The van der Waals surface area contributed by atoms with Gasteiger partial charge in [-0.05, 0) is 37.6 Å². The van der Waals surface area contributed by atoms with Crippen molar-refractivity contribution in [1.82, 2.24) is 9.88 Å². The van der Waals surface area contributed by atoms with Gasteiger partial charge in [0, 0.05) is 19.0 Å². The predicted molar refractivity (Wildman–Crippen MR) is 70.9 cm³/mol. The maximum Gasteiger partial charge on any atom is 0.419 e. The SMILES string of the molecule is CNCC1(c2ccc3oc(=O)n(C)c3c2)CCC1. The standard InChI is InChI=1S/C14H18N2O2/c1-15-9-14(6-3-7-14)10-4-5-12-11(8-10)16(2)13(17)18-12/h4-5,8,15H,3,6-7,9H2,1-2H3. The lowest BCUT2D eigenvalue weighted by atomic mass is 9.64. The lowest BCUT2D eigenvalue weighted by molar-refractivity contribution is 0.239. The molecule has 1 N–H and O–H groups in total. The highest BCUT2D eigenvalue weighted by atomic mass is 16.4. The Hall–Kier alpha value is -1.55. The Balaban J connectivity index is 2.12. The maximum absolute atomic E-state index is 11.5. The Kier molecular flexibility index (Phi) is 2.55. The fourth-order valence-corrected chi connectivity index (χ4v) is 2.97. The molecule has 0 radical (unpaired) electrons. The zero-order chi connectivity index (χ0) is 12.8. The molecule has 1 aromatic heterocycles. The minimum Gasteiger partial charge on any atom is -0.408 e. The van der Waals surface area contributed by atoms with Crippen molar-refractivity contribution in [2.45, 2.75) is 24.7 Å². The summed E-state index contributed by atoms with van der Waals surface area (Å²) in [6.45, 7) is 0.990. The van der Waals surface area contributed by atoms with E-state index in [0.717, 1.165) is 12.1 Å². The van der Waals surface area contributed by atoms with Gasteiger partial charge >= 0.3 is 5.76 Å². The molecular formula is C14H18N2O2. The molecule has 1 fully saturated rings. The molecule has 1 aromatic carbocycles. The van der Waals surface area contributed by atoms with Crippen LogP contribution in [0.25, 0.3) is 11.1 Å². The third-order valence-corrected chi connectivity index (χ3v) is 4.23. The second kappa shape index (κ2) is 3.99. The van der Waals surface area contributed by atoms with Crippen LogP contribution in [0, 0.1) is 0 Å². The van der Waals surface area contributed by atoms with Crippen LogP contribution < -0.4 is 11.1 Å². The molecule has 2 aromatic rings. The Bertz CT molecular complexity index is 635. The number of hydrogen-bond acceptors (Lipinski definition) is 3. The van der Waals surface area contributed by atoms with E-state index >= 15 is 0 Å². The van der Waals surface area contributed by atoms with Crippen molar-refractivity contribution in [2.75, 3.05) is 13.6 Å². The molecule has 0 atom stereocenters. The molecular weight excluding hydrogens is 228 g/mol. The second-order valence-corrected chi connectivity index (χ2v) is 5.27. The van der Waals surface area contributed by atoms with Crippen molar-refractivity contribution in [3.63, 3.8) is 0 Å². The van der Waals surface area contributed by atoms with Crippen molar-refractivity contribution in [2.24, 2.45) is 7.05 Å². The Morgan fingerprint density at radius 3 is 2.83 bits per heavy atom. The van der Waals surface area contributed by atoms with Crippen LogP contribution in [-0.4, -0.2) is 18.2 Å². The number of hydrogen-bond donors (Lipinski definition) is 1. The zero-order valence-corrected chi connectivity index (χ0v) is 10.8. The maximum atomic E-state index is 11.5. The largest absolute Gasteiger partial charge is 0.419 e. The number of oxazole rings is 1. The summed E-state index contributed by atoms with van der Waals surface area (Å²) < 4.78 is 6.74. The molecule has 0 amide bonds. The quantitative estimate of drug-likeness (QED) is 0.898. The van der Waals surface area contributed by atoms with Crippen molar-refractivity contribution >= 4 is 11.1 Å². The van der Waals surface area contributed by atoms with Crippen LogP contribution in [0.1, 0.15) is 24.8 Å². The van der Waals surface area contributed by atoms with E-state index in [1.807, 2.05) is 13.1 Å². The van der Waals surface area contributed by atoms with Crippen LogP contribution >= 0.6 is 0 Å². The number of likely N-dealkylation sites (N-methyl/N-ethyl adjacent to an activating group) is 1. The highest BCUT2D eigenvalue weighted by molar-refractivity contribution is 5.74. The van der Waals surface area contributed by atoms with Gasteiger partial charge in [0.1, 0.15) is 0 Å². The number of rotatable bonds is 3. The molecule has 3 rings (SSSR count). The Morgan fingerprint density at radius 1 is 1.44 bits per heavy atom. The molecule has 1 aliphatic carbocycles. The number of nitrogens with one attached hydrogen (secondary N) is 1. The third kappa shape index (κ3) is 1.52. The summed E-state index contributed by atoms with van der Waals surface area (Å²) in [6.07, 6.45) is 3.71. The van der Waals surface area contributed by atoms with E-state index in [4.69, 9.17) is 4.42 Å². The van der Waals surface area contributed by atoms with Gasteiger partial charge in [0.15, 0.2) is 5.58 Å². The number of aryl methyl sites for hydroxylation is 1. The van der Waals surface area contributed by atoms with Crippen LogP contribution in [-0.2, 0) is 12.5 Å². The first-order valence-corrected chi connectivity index (χ1v) is 6.41. The van der Waals surface area contributed by atoms with Crippen molar-refractivity contribution < 1.29 is 4.42 Å². The fourth-order valence-electron chi connectivity index (χ4n) is 2.97. The average Bonchev–Trinajstić information content (AvgIpc) is 2.60. The molecule has 18 heavy (non-hydrogen) atoms. The molecule has 4 heteroatoms. The highest BCUT2D eigenvalue weighted by Gasteiger charge is 2.38. The molecule has 1 aliphatic rings. The first-order chi connectivity index (χ1) is 8.66. The van der Waals surface area contributed by atoms with Gasteiger partial charge in [-0.25, -0.2) is 4.79 Å². The van der Waals surface area contributed by atoms with Gasteiger partial charge in [0.25, 0.3) is 0 Å². The average molecular weight is 246 g/mol. The summed E-state index contributed by atoms with van der Waals surface area (Å²) in [7, 11) is 3.75. The first kappa shape index (κ1) is 11.5. The van der Waals surface area contributed by atoms with Gasteiger partial charge in [-0.2, -0.15) is 0 Å². The monoisotopic (exact) mass is 246 g/mol. The molecule has 0 unspecified atom stereocenters. The van der Waals surface area contributed by atoms with E-state index in [2.05, 4.69) is 17.4 Å². The Labute approximate surface area is 106 Å². The van der Waals surface area contributed by atoms with Crippen LogP contribution in [0.15, 0.2) is 27.4 Å². The number of benzene rings is 1. The van der Waals surface area contributed by atoms with Gasteiger partial charge in [0.05, 0.1) is 5.52 Å². The van der Waals surface area contributed by atoms with E-state index in [1.54, 1.807) is 11.6 Å². The molecule has 1 saturated carbocycles. The molecule has 4 nitrogen and oxygen atoms in total. The van der Waals surface area contributed by atoms with E-state index in [1.165, 1.54) is 24.8 Å². The summed E-state index contributed by atoms with van der Waals surface area (Å²) >= 11 is 0. The van der Waals surface area contributed by atoms with Crippen LogP contribution in [0.3, 0.4) is 0 Å². The molecule has 0 spiro atoms. The van der Waals surface area contributed by atoms with Crippen LogP contribution in [0.4, 0.5) is 0 Å². The van der Waals surface area contributed by atoms with Gasteiger partial charge in [0.2, 0.25) is 0 Å². The second-order valence-electron chi connectivity index (χ2n) is 5.27. The summed E-state index contributed by atoms with van der Waals surface area (Å²) in [5.41, 5.74) is 3.12. The van der Waals surface area contributed by atoms with Crippen LogP contribution in [0.2, 0.25) is 0 Å². The number of nitrogens with zero attached hydrogens (tertiary/aromatic N) is 1. The minimum absolute atomic E-state index is 0.246. The normalized spacial score (nSPS) is 17.9. The van der Waals surface area contributed by atoms with Crippen molar-refractivity contribution in [1.29, 1.82) is 0 Å². The lowest BCUT2D eigenvalue weighted by Crippen LogP contribution is -2.42. The predicted octanol–water partition coefficient (Wildman–Crippen LogP) is 1.77. The molecule has 0 bridgehead atoms. The summed E-state index contributed by atoms with van der Waals surface area (Å²) in [5, 5.41) is 3.28. The lowest BCUT2D eigenvalue weighted by Gasteiger charge is -2.42. The Morgan fingerprint density at radius 2 is 2.22 bits per heavy atom. The number of fused-ring (bicyclic) bond motifs is 1. The zero-order valence-electron chi connectivity index (χ0n) is 10.8. The third-order valence-electron chi connectivity index (χ3n) is 4.23. The van der Waals surface area contributed by atoms with Gasteiger partial charge < -0.3 is 9.73 Å². The number of aromatic nitrogens is 1. The smallest absolute Gasteiger partial charge is 0.408 e. The fraction of sp³-hybridized carbons (Fsp3) is 0.500. The molecule has 1 heterocycles. The first-order valence-electron chi connectivity index (χ1n) is 6.41. The van der Waals surface area contributed by atoms with Gasteiger partial charge in [-0.3, -0.25) is 4.57 Å². The summed E-state index contributed by atoms with van der Waals surface area (Å²) in [6, 6.07) is 6.13. The van der Waals surface area contributed by atoms with E-state index in [-0.39, 0.29) is 11.2 Å². The summed E-state index contributed by atoms with van der Waals surface area (Å²) in [4.78, 5) is 11.5. The minimum atomic E-state index is -0.293. The summed E-state index contributed by atoms with van der Waals surface area (Å²) in [5.74, 6) is -0.293. The molecule has 96 valence electrons. The topological polar surface area (TPSA) is 47.2 Å². The van der Waals surface area contributed by atoms with E-state index in [9.17, 15) is 4.79 Å². The highest BCUT2D eigenvalue weighted by Crippen LogP contribution is 2.43. The van der Waals surface area contributed by atoms with Crippen molar-refractivity contribution in [3.05, 3.63) is 34.3 Å². The van der Waals surface area contributed by atoms with Crippen molar-refractivity contribution in [3.8, 4) is 0 Å². The van der Waals surface area contributed by atoms with Crippen LogP contribution in [0.5, 0.6) is 0 Å². The van der Waals surface area contributed by atoms with E-state index < -0.39 is 0 Å². The van der Waals surface area contributed by atoms with Gasteiger partial charge in [-0.1, -0.05) is 12.5 Å². The molecule has 0 aliphatic heterocycles. The van der Waals surface area contributed by atoms with Gasteiger partial charge in [-0.15, -0.1) is 0 Å². The van der Waals surface area contributed by atoms with E-state index in [0.29, 0.717) is 5.58 Å².